The largest absolute Gasteiger partial charge is 0.233 e. The first kappa shape index (κ1) is 13.5. The van der Waals surface area contributed by atoms with E-state index in [0.717, 1.165) is 33.3 Å². The molecular formula is C14H14BrClN2. The molecule has 18 heavy (non-hydrogen) atoms. The van der Waals surface area contributed by atoms with Crippen molar-refractivity contribution in [3.8, 4) is 11.4 Å². The maximum absolute atomic E-state index is 6.16. The monoisotopic (exact) mass is 324 g/mol. The van der Waals surface area contributed by atoms with E-state index in [2.05, 4.69) is 38.9 Å². The molecule has 1 aromatic heterocycles. The van der Waals surface area contributed by atoms with Crippen molar-refractivity contribution in [1.29, 1.82) is 0 Å². The maximum atomic E-state index is 6.16. The fourth-order valence-corrected chi connectivity index (χ4v) is 2.23. The van der Waals surface area contributed by atoms with E-state index in [1.54, 1.807) is 0 Å². The molecule has 2 aromatic rings. The summed E-state index contributed by atoms with van der Waals surface area (Å²) in [4.78, 5) is 8.94. The fraction of sp³-hybridized carbons (Fsp3) is 0.286. The van der Waals surface area contributed by atoms with Crippen LogP contribution in [0.2, 0.25) is 5.15 Å². The molecule has 1 aromatic carbocycles. The van der Waals surface area contributed by atoms with Crippen LogP contribution in [-0.2, 0) is 6.42 Å². The molecule has 0 fully saturated rings. The summed E-state index contributed by atoms with van der Waals surface area (Å²) >= 11 is 9.65. The second-order valence-corrected chi connectivity index (χ2v) is 5.44. The predicted molar refractivity (Wildman–Crippen MR) is 79.0 cm³/mol. The topological polar surface area (TPSA) is 25.8 Å². The Balaban J connectivity index is 2.57. The number of hydrogen-bond donors (Lipinski definition) is 0. The van der Waals surface area contributed by atoms with E-state index in [1.165, 1.54) is 0 Å². The lowest BCUT2D eigenvalue weighted by molar-refractivity contribution is 0.976. The lowest BCUT2D eigenvalue weighted by atomic mass is 10.1. The molecule has 0 spiro atoms. The molecule has 2 rings (SSSR count). The van der Waals surface area contributed by atoms with Gasteiger partial charge in [-0.25, -0.2) is 9.97 Å². The predicted octanol–water partition coefficient (Wildman–Crippen LogP) is 4.74. The van der Waals surface area contributed by atoms with Gasteiger partial charge in [-0.2, -0.15) is 0 Å². The average Bonchev–Trinajstić information content (AvgIpc) is 2.36. The molecular weight excluding hydrogens is 312 g/mol. The SMILES string of the molecule is CCc1nc(-c2ccc(Br)c(C)c2)nc(Cl)c1C. The van der Waals surface area contributed by atoms with Crippen LogP contribution >= 0.6 is 27.5 Å². The van der Waals surface area contributed by atoms with Crippen LogP contribution in [-0.4, -0.2) is 9.97 Å². The fourth-order valence-electron chi connectivity index (χ4n) is 1.79. The lowest BCUT2D eigenvalue weighted by Gasteiger charge is -2.08. The van der Waals surface area contributed by atoms with Gasteiger partial charge in [-0.15, -0.1) is 0 Å². The van der Waals surface area contributed by atoms with Gasteiger partial charge in [-0.1, -0.05) is 40.5 Å². The summed E-state index contributed by atoms with van der Waals surface area (Å²) in [6.45, 7) is 6.07. The van der Waals surface area contributed by atoms with E-state index in [-0.39, 0.29) is 0 Å². The molecule has 2 nitrogen and oxygen atoms in total. The Labute approximate surface area is 121 Å². The number of aromatic nitrogens is 2. The summed E-state index contributed by atoms with van der Waals surface area (Å²) in [6.07, 6.45) is 0.858. The molecule has 0 aliphatic rings. The van der Waals surface area contributed by atoms with E-state index < -0.39 is 0 Å². The van der Waals surface area contributed by atoms with Crippen LogP contribution in [0.25, 0.3) is 11.4 Å². The molecule has 0 aliphatic heterocycles. The normalized spacial score (nSPS) is 10.7. The van der Waals surface area contributed by atoms with Gasteiger partial charge < -0.3 is 0 Å². The summed E-state index contributed by atoms with van der Waals surface area (Å²) in [7, 11) is 0. The van der Waals surface area contributed by atoms with E-state index >= 15 is 0 Å². The molecule has 0 saturated heterocycles. The molecule has 0 bridgehead atoms. The Kier molecular flexibility index (Phi) is 4.03. The first-order chi connectivity index (χ1) is 8.52. The minimum Gasteiger partial charge on any atom is -0.233 e. The van der Waals surface area contributed by atoms with Gasteiger partial charge in [0, 0.05) is 21.3 Å². The van der Waals surface area contributed by atoms with Crippen molar-refractivity contribution < 1.29 is 0 Å². The van der Waals surface area contributed by atoms with Crippen molar-refractivity contribution in [2.45, 2.75) is 27.2 Å². The third-order valence-corrected chi connectivity index (χ3v) is 4.20. The Morgan fingerprint density at radius 3 is 2.56 bits per heavy atom. The number of halogens is 2. The molecule has 4 heteroatoms. The van der Waals surface area contributed by atoms with E-state index in [1.807, 2.05) is 26.0 Å². The van der Waals surface area contributed by atoms with Gasteiger partial charge in [-0.05, 0) is 38.0 Å². The van der Waals surface area contributed by atoms with Gasteiger partial charge in [0.25, 0.3) is 0 Å². The first-order valence-corrected chi connectivity index (χ1v) is 6.99. The van der Waals surface area contributed by atoms with Crippen LogP contribution in [0.5, 0.6) is 0 Å². The minimum absolute atomic E-state index is 0.539. The Morgan fingerprint density at radius 1 is 1.22 bits per heavy atom. The second kappa shape index (κ2) is 5.37. The van der Waals surface area contributed by atoms with Crippen LogP contribution in [0.4, 0.5) is 0 Å². The van der Waals surface area contributed by atoms with Crippen molar-refractivity contribution in [2.75, 3.05) is 0 Å². The zero-order valence-corrected chi connectivity index (χ0v) is 12.9. The van der Waals surface area contributed by atoms with Crippen molar-refractivity contribution >= 4 is 27.5 Å². The van der Waals surface area contributed by atoms with Gasteiger partial charge >= 0.3 is 0 Å². The van der Waals surface area contributed by atoms with Gasteiger partial charge in [0.1, 0.15) is 5.15 Å². The van der Waals surface area contributed by atoms with Crippen LogP contribution in [0.1, 0.15) is 23.7 Å². The smallest absolute Gasteiger partial charge is 0.161 e. The molecule has 0 N–H and O–H groups in total. The molecule has 0 saturated carbocycles. The zero-order valence-electron chi connectivity index (χ0n) is 10.6. The summed E-state index contributed by atoms with van der Waals surface area (Å²) in [5.74, 6) is 0.693. The van der Waals surface area contributed by atoms with Crippen LogP contribution < -0.4 is 0 Å². The Morgan fingerprint density at radius 2 is 1.94 bits per heavy atom. The highest BCUT2D eigenvalue weighted by atomic mass is 79.9. The lowest BCUT2D eigenvalue weighted by Crippen LogP contribution is -1.99. The average molecular weight is 326 g/mol. The van der Waals surface area contributed by atoms with Crippen LogP contribution in [0, 0.1) is 13.8 Å². The number of aryl methyl sites for hydroxylation is 2. The number of nitrogens with zero attached hydrogens (tertiary/aromatic N) is 2. The molecule has 0 amide bonds. The maximum Gasteiger partial charge on any atom is 0.161 e. The summed E-state index contributed by atoms with van der Waals surface area (Å²) in [5.41, 5.74) is 4.13. The Hall–Kier alpha value is -0.930. The molecule has 0 radical (unpaired) electrons. The molecule has 0 aliphatic carbocycles. The van der Waals surface area contributed by atoms with Gasteiger partial charge in [0.05, 0.1) is 0 Å². The zero-order chi connectivity index (χ0) is 13.3. The molecule has 94 valence electrons. The van der Waals surface area contributed by atoms with Crippen LogP contribution in [0.3, 0.4) is 0 Å². The van der Waals surface area contributed by atoms with Crippen molar-refractivity contribution in [3.63, 3.8) is 0 Å². The quantitative estimate of drug-likeness (QED) is 0.745. The van der Waals surface area contributed by atoms with E-state index in [0.29, 0.717) is 11.0 Å². The highest BCUT2D eigenvalue weighted by Crippen LogP contribution is 2.25. The van der Waals surface area contributed by atoms with Gasteiger partial charge in [-0.3, -0.25) is 0 Å². The second-order valence-electron chi connectivity index (χ2n) is 4.23. The third kappa shape index (κ3) is 2.57. The Bertz CT molecular complexity index is 597. The molecule has 0 atom stereocenters. The van der Waals surface area contributed by atoms with Crippen molar-refractivity contribution in [2.24, 2.45) is 0 Å². The highest BCUT2D eigenvalue weighted by molar-refractivity contribution is 9.10. The molecule has 0 unspecified atom stereocenters. The summed E-state index contributed by atoms with van der Waals surface area (Å²) in [6, 6.07) is 6.06. The standard InChI is InChI=1S/C14H14BrClN2/c1-4-12-9(3)13(16)18-14(17-12)10-5-6-11(15)8(2)7-10/h5-7H,4H2,1-3H3. The summed E-state index contributed by atoms with van der Waals surface area (Å²) in [5, 5.41) is 0.539. The summed E-state index contributed by atoms with van der Waals surface area (Å²) < 4.78 is 1.08. The van der Waals surface area contributed by atoms with E-state index in [9.17, 15) is 0 Å². The third-order valence-electron chi connectivity index (χ3n) is 2.94. The van der Waals surface area contributed by atoms with E-state index in [4.69, 9.17) is 11.6 Å². The number of benzene rings is 1. The van der Waals surface area contributed by atoms with Crippen molar-refractivity contribution in [1.82, 2.24) is 9.97 Å². The number of rotatable bonds is 2. The number of hydrogen-bond acceptors (Lipinski definition) is 2. The van der Waals surface area contributed by atoms with Gasteiger partial charge in [0.15, 0.2) is 5.82 Å². The highest BCUT2D eigenvalue weighted by Gasteiger charge is 2.10. The molecule has 1 heterocycles. The van der Waals surface area contributed by atoms with Crippen LogP contribution in [0.15, 0.2) is 22.7 Å². The van der Waals surface area contributed by atoms with Gasteiger partial charge in [0.2, 0.25) is 0 Å². The minimum atomic E-state index is 0.539. The first-order valence-electron chi connectivity index (χ1n) is 5.82. The van der Waals surface area contributed by atoms with Crippen molar-refractivity contribution in [3.05, 3.63) is 44.6 Å².